The second kappa shape index (κ2) is 9.51. The molecule has 6 nitrogen and oxygen atoms in total. The van der Waals surface area contributed by atoms with Crippen molar-refractivity contribution >= 4 is 15.7 Å². The van der Waals surface area contributed by atoms with E-state index in [-0.39, 0.29) is 36.3 Å². The van der Waals surface area contributed by atoms with E-state index in [1.165, 1.54) is 12.8 Å². The number of nitrogens with two attached hydrogens (primary N) is 1. The molecule has 1 aliphatic carbocycles. The maximum absolute atomic E-state index is 12.5. The normalized spacial score (nSPS) is 30.6. The van der Waals surface area contributed by atoms with Crippen LogP contribution in [0.1, 0.15) is 58.8 Å². The Morgan fingerprint density at radius 3 is 2.42 bits per heavy atom. The molecule has 2 aliphatic rings. The third kappa shape index (κ3) is 6.50. The number of likely N-dealkylation sites (tertiary alicyclic amines) is 1. The molecule has 26 heavy (non-hydrogen) atoms. The number of piperidine rings is 1. The minimum Gasteiger partial charge on any atom is -0.376 e. The minimum atomic E-state index is -3.14. The molecule has 1 saturated heterocycles. The molecule has 0 aromatic carbocycles. The molecule has 2 fully saturated rings. The average Bonchev–Trinajstić information content (AvgIpc) is 2.58. The van der Waals surface area contributed by atoms with E-state index < -0.39 is 9.84 Å². The molecule has 0 unspecified atom stereocenters. The Labute approximate surface area is 158 Å². The summed E-state index contributed by atoms with van der Waals surface area (Å²) in [5, 5.41) is 0. The van der Waals surface area contributed by atoms with E-state index in [9.17, 15) is 13.2 Å². The first-order valence-corrected chi connectivity index (χ1v) is 12.1. The highest BCUT2D eigenvalue weighted by molar-refractivity contribution is 7.90. The third-order valence-corrected chi connectivity index (χ3v) is 6.95. The second-order valence-electron chi connectivity index (χ2n) is 8.45. The van der Waals surface area contributed by atoms with E-state index in [1.54, 1.807) is 4.90 Å². The number of hydrogen-bond acceptors (Lipinski definition) is 5. The summed E-state index contributed by atoms with van der Waals surface area (Å²) in [6.45, 7) is 5.67. The minimum absolute atomic E-state index is 0.0293. The standard InChI is InChI=1S/C19H36N2O4S/c1-14(2)15-6-8-16(9-7-15)25-13-18-17(20)5-4-11-21(18)19(22)10-12-26(3,23)24/h14-18H,4-13,20H2,1-3H3/t15-,16+,17-,18-/m0/s1. The van der Waals surface area contributed by atoms with Gasteiger partial charge in [0.05, 0.1) is 24.5 Å². The Morgan fingerprint density at radius 1 is 1.19 bits per heavy atom. The predicted octanol–water partition coefficient (Wildman–Crippen LogP) is 1.97. The molecule has 0 bridgehead atoms. The maximum Gasteiger partial charge on any atom is 0.223 e. The van der Waals surface area contributed by atoms with E-state index in [0.717, 1.165) is 43.8 Å². The third-order valence-electron chi connectivity index (χ3n) is 6.00. The van der Waals surface area contributed by atoms with Crippen molar-refractivity contribution < 1.29 is 17.9 Å². The van der Waals surface area contributed by atoms with Crippen LogP contribution in [-0.2, 0) is 19.4 Å². The summed E-state index contributed by atoms with van der Waals surface area (Å²) in [5.41, 5.74) is 6.27. The molecule has 152 valence electrons. The van der Waals surface area contributed by atoms with Crippen molar-refractivity contribution in [3.8, 4) is 0 Å². The van der Waals surface area contributed by atoms with Gasteiger partial charge in [0, 0.05) is 25.3 Å². The Hall–Kier alpha value is -0.660. The first-order chi connectivity index (χ1) is 12.2. The highest BCUT2D eigenvalue weighted by atomic mass is 32.2. The fourth-order valence-electron chi connectivity index (χ4n) is 4.18. The van der Waals surface area contributed by atoms with Crippen molar-refractivity contribution in [1.29, 1.82) is 0 Å². The van der Waals surface area contributed by atoms with Crippen LogP contribution in [0.15, 0.2) is 0 Å². The van der Waals surface area contributed by atoms with Gasteiger partial charge in [0.15, 0.2) is 0 Å². The van der Waals surface area contributed by atoms with Crippen LogP contribution in [0.25, 0.3) is 0 Å². The smallest absolute Gasteiger partial charge is 0.223 e. The second-order valence-corrected chi connectivity index (χ2v) is 10.7. The summed E-state index contributed by atoms with van der Waals surface area (Å²) in [6, 6.07) is -0.239. The van der Waals surface area contributed by atoms with Gasteiger partial charge in [0.2, 0.25) is 5.91 Å². The zero-order valence-corrected chi connectivity index (χ0v) is 17.3. The van der Waals surface area contributed by atoms with Crippen molar-refractivity contribution in [2.45, 2.75) is 77.0 Å². The zero-order chi connectivity index (χ0) is 19.3. The summed E-state index contributed by atoms with van der Waals surface area (Å²) in [7, 11) is -3.14. The lowest BCUT2D eigenvalue weighted by Gasteiger charge is -2.41. The Balaban J connectivity index is 1.87. The van der Waals surface area contributed by atoms with E-state index >= 15 is 0 Å². The van der Waals surface area contributed by atoms with Crippen LogP contribution in [0.5, 0.6) is 0 Å². The molecule has 0 aromatic rings. The van der Waals surface area contributed by atoms with Gasteiger partial charge in [-0.3, -0.25) is 4.79 Å². The number of sulfone groups is 1. The Bertz CT molecular complexity index is 556. The summed E-state index contributed by atoms with van der Waals surface area (Å²) < 4.78 is 28.9. The van der Waals surface area contributed by atoms with Crippen LogP contribution in [0.2, 0.25) is 0 Å². The number of ether oxygens (including phenoxy) is 1. The molecule has 0 radical (unpaired) electrons. The number of carbonyl (C=O) groups is 1. The number of rotatable bonds is 7. The highest BCUT2D eigenvalue weighted by Crippen LogP contribution is 2.31. The number of nitrogens with zero attached hydrogens (tertiary/aromatic N) is 1. The molecular weight excluding hydrogens is 352 g/mol. The molecule has 1 heterocycles. The van der Waals surface area contributed by atoms with E-state index in [2.05, 4.69) is 13.8 Å². The van der Waals surface area contributed by atoms with Crippen molar-refractivity contribution in [2.24, 2.45) is 17.6 Å². The van der Waals surface area contributed by atoms with Gasteiger partial charge in [-0.2, -0.15) is 0 Å². The van der Waals surface area contributed by atoms with E-state index in [4.69, 9.17) is 10.5 Å². The van der Waals surface area contributed by atoms with Gasteiger partial charge in [0.1, 0.15) is 9.84 Å². The molecule has 1 amide bonds. The molecule has 0 spiro atoms. The first-order valence-electron chi connectivity index (χ1n) is 10.0. The van der Waals surface area contributed by atoms with Crippen LogP contribution in [0.3, 0.4) is 0 Å². The van der Waals surface area contributed by atoms with Crippen molar-refractivity contribution in [1.82, 2.24) is 4.90 Å². The van der Waals surface area contributed by atoms with Crippen LogP contribution >= 0.6 is 0 Å². The van der Waals surface area contributed by atoms with Crippen molar-refractivity contribution in [3.63, 3.8) is 0 Å². The van der Waals surface area contributed by atoms with Crippen LogP contribution in [0.4, 0.5) is 0 Å². The lowest BCUT2D eigenvalue weighted by atomic mass is 9.80. The zero-order valence-electron chi connectivity index (χ0n) is 16.5. The SMILES string of the molecule is CC(C)[C@H]1CC[C@@H](OC[C@H]2[C@@H](N)CCCN2C(=O)CCS(C)(=O)=O)CC1. The van der Waals surface area contributed by atoms with Crippen molar-refractivity contribution in [3.05, 3.63) is 0 Å². The number of amides is 1. The van der Waals surface area contributed by atoms with E-state index in [0.29, 0.717) is 13.2 Å². The maximum atomic E-state index is 12.5. The van der Waals surface area contributed by atoms with Crippen LogP contribution in [0, 0.1) is 11.8 Å². The van der Waals surface area contributed by atoms with Crippen LogP contribution < -0.4 is 5.73 Å². The molecule has 2 rings (SSSR count). The monoisotopic (exact) mass is 388 g/mol. The van der Waals surface area contributed by atoms with Gasteiger partial charge < -0.3 is 15.4 Å². The average molecular weight is 389 g/mol. The Kier molecular flexibility index (Phi) is 7.91. The Morgan fingerprint density at radius 2 is 1.85 bits per heavy atom. The largest absolute Gasteiger partial charge is 0.376 e. The summed E-state index contributed by atoms with van der Waals surface area (Å²) in [5.74, 6) is 1.29. The molecule has 1 saturated carbocycles. The lowest BCUT2D eigenvalue weighted by molar-refractivity contribution is -0.138. The fraction of sp³-hybridized carbons (Fsp3) is 0.947. The lowest BCUT2D eigenvalue weighted by Crippen LogP contribution is -2.56. The van der Waals surface area contributed by atoms with Crippen molar-refractivity contribution in [2.75, 3.05) is 25.2 Å². The molecule has 7 heteroatoms. The van der Waals surface area contributed by atoms with E-state index in [1.807, 2.05) is 0 Å². The highest BCUT2D eigenvalue weighted by Gasteiger charge is 2.33. The summed E-state index contributed by atoms with van der Waals surface area (Å²) in [6.07, 6.45) is 7.75. The fourth-order valence-corrected chi connectivity index (χ4v) is 4.73. The molecule has 2 atom stereocenters. The first kappa shape index (κ1) is 21.6. The van der Waals surface area contributed by atoms with Gasteiger partial charge in [-0.05, 0) is 50.4 Å². The molecule has 0 aromatic heterocycles. The summed E-state index contributed by atoms with van der Waals surface area (Å²) in [4.78, 5) is 14.3. The van der Waals surface area contributed by atoms with Gasteiger partial charge in [-0.15, -0.1) is 0 Å². The topological polar surface area (TPSA) is 89.7 Å². The molecule has 2 N–H and O–H groups in total. The summed E-state index contributed by atoms with van der Waals surface area (Å²) >= 11 is 0. The number of hydrogen-bond donors (Lipinski definition) is 1. The number of carbonyl (C=O) groups excluding carboxylic acids is 1. The van der Waals surface area contributed by atoms with Gasteiger partial charge in [0.25, 0.3) is 0 Å². The quantitative estimate of drug-likeness (QED) is 0.720. The molecular formula is C19H36N2O4S. The molecule has 1 aliphatic heterocycles. The van der Waals surface area contributed by atoms with Gasteiger partial charge in [-0.25, -0.2) is 8.42 Å². The predicted molar refractivity (Wildman–Crippen MR) is 104 cm³/mol. The van der Waals surface area contributed by atoms with Gasteiger partial charge in [-0.1, -0.05) is 13.8 Å². The van der Waals surface area contributed by atoms with Gasteiger partial charge >= 0.3 is 0 Å². The van der Waals surface area contributed by atoms with Crippen LogP contribution in [-0.4, -0.2) is 62.6 Å².